The molecule has 134 valence electrons. The predicted molar refractivity (Wildman–Crippen MR) is 97.5 cm³/mol. The summed E-state index contributed by atoms with van der Waals surface area (Å²) < 4.78 is 10.7. The van der Waals surface area contributed by atoms with Crippen LogP contribution in [0.2, 0.25) is 0 Å². The predicted octanol–water partition coefficient (Wildman–Crippen LogP) is 1.73. The zero-order valence-electron chi connectivity index (χ0n) is 15.1. The molecule has 0 spiro atoms. The molecular weight excluding hydrogens is 304 g/mol. The Kier molecular flexibility index (Phi) is 7.34. The van der Waals surface area contributed by atoms with Crippen LogP contribution in [-0.2, 0) is 4.74 Å². The number of rotatable bonds is 7. The lowest BCUT2D eigenvalue weighted by Crippen LogP contribution is -2.45. The van der Waals surface area contributed by atoms with Crippen molar-refractivity contribution in [3.8, 4) is 5.75 Å². The normalized spacial score (nSPS) is 17.2. The Morgan fingerprint density at radius 3 is 2.67 bits per heavy atom. The molecule has 1 aliphatic rings. The van der Waals surface area contributed by atoms with E-state index in [1.807, 2.05) is 12.1 Å². The quantitative estimate of drug-likeness (QED) is 0.608. The first-order chi connectivity index (χ1) is 11.7. The largest absolute Gasteiger partial charge is 0.497 e. The van der Waals surface area contributed by atoms with E-state index < -0.39 is 0 Å². The van der Waals surface area contributed by atoms with Gasteiger partial charge in [-0.15, -0.1) is 0 Å². The third-order valence-electron chi connectivity index (χ3n) is 4.49. The molecular formula is C18H30N4O2. The minimum absolute atomic E-state index is 0.190. The fourth-order valence-electron chi connectivity index (χ4n) is 3.02. The summed E-state index contributed by atoms with van der Waals surface area (Å²) >= 11 is 0. The van der Waals surface area contributed by atoms with Crippen LogP contribution in [0.4, 0.5) is 0 Å². The Morgan fingerprint density at radius 1 is 1.33 bits per heavy atom. The number of guanidine groups is 1. The highest BCUT2D eigenvalue weighted by molar-refractivity contribution is 5.78. The van der Waals surface area contributed by atoms with Crippen LogP contribution in [-0.4, -0.2) is 68.8 Å². The van der Waals surface area contributed by atoms with Crippen molar-refractivity contribution in [1.29, 1.82) is 0 Å². The minimum Gasteiger partial charge on any atom is -0.497 e. The Hall–Kier alpha value is -1.79. The third kappa shape index (κ3) is 4.85. The molecule has 1 heterocycles. The number of methoxy groups -OCH3 is 1. The summed E-state index contributed by atoms with van der Waals surface area (Å²) in [4.78, 5) is 9.16. The van der Waals surface area contributed by atoms with Crippen molar-refractivity contribution in [2.45, 2.75) is 19.9 Å². The van der Waals surface area contributed by atoms with Crippen LogP contribution in [0.3, 0.4) is 0 Å². The molecule has 24 heavy (non-hydrogen) atoms. The second-order valence-electron chi connectivity index (χ2n) is 5.81. The van der Waals surface area contributed by atoms with E-state index in [2.05, 4.69) is 40.8 Å². The summed E-state index contributed by atoms with van der Waals surface area (Å²) in [6.07, 6.45) is 0. The molecule has 2 N–H and O–H groups in total. The van der Waals surface area contributed by atoms with E-state index >= 15 is 0 Å². The van der Waals surface area contributed by atoms with Gasteiger partial charge in [-0.25, -0.2) is 0 Å². The molecule has 1 aromatic rings. The standard InChI is InChI=1S/C18H30N4O2/c1-4-21(5-2)17(15-7-6-8-16(13-15)23-3)14-20-18(19)22-9-11-24-12-10-22/h6-8,13,17H,4-5,9-12,14H2,1-3H3,(H2,19,20). The maximum absolute atomic E-state index is 6.19. The molecule has 2 rings (SSSR count). The zero-order chi connectivity index (χ0) is 17.4. The number of hydrogen-bond acceptors (Lipinski definition) is 4. The van der Waals surface area contributed by atoms with E-state index in [4.69, 9.17) is 15.2 Å². The molecule has 1 atom stereocenters. The first-order valence-electron chi connectivity index (χ1n) is 8.70. The van der Waals surface area contributed by atoms with Crippen molar-refractivity contribution in [3.05, 3.63) is 29.8 Å². The van der Waals surface area contributed by atoms with Gasteiger partial charge in [-0.2, -0.15) is 0 Å². The topological polar surface area (TPSA) is 63.3 Å². The number of hydrogen-bond donors (Lipinski definition) is 1. The van der Waals surface area contributed by atoms with E-state index in [9.17, 15) is 0 Å². The molecule has 1 unspecified atom stereocenters. The van der Waals surface area contributed by atoms with Gasteiger partial charge in [-0.05, 0) is 30.8 Å². The van der Waals surface area contributed by atoms with Crippen LogP contribution in [0.5, 0.6) is 5.75 Å². The van der Waals surface area contributed by atoms with Crippen LogP contribution in [0.25, 0.3) is 0 Å². The van der Waals surface area contributed by atoms with E-state index in [1.54, 1.807) is 7.11 Å². The van der Waals surface area contributed by atoms with Crippen molar-refractivity contribution in [2.75, 3.05) is 53.0 Å². The summed E-state index contributed by atoms with van der Waals surface area (Å²) in [7, 11) is 1.69. The maximum Gasteiger partial charge on any atom is 0.191 e. The lowest BCUT2D eigenvalue weighted by molar-refractivity contribution is 0.0673. The highest BCUT2D eigenvalue weighted by Gasteiger charge is 2.19. The van der Waals surface area contributed by atoms with Crippen molar-refractivity contribution >= 4 is 5.96 Å². The monoisotopic (exact) mass is 334 g/mol. The Morgan fingerprint density at radius 2 is 2.04 bits per heavy atom. The van der Waals surface area contributed by atoms with Crippen LogP contribution in [0.15, 0.2) is 29.3 Å². The fraction of sp³-hybridized carbons (Fsp3) is 0.611. The highest BCUT2D eigenvalue weighted by atomic mass is 16.5. The first-order valence-corrected chi connectivity index (χ1v) is 8.70. The fourth-order valence-corrected chi connectivity index (χ4v) is 3.02. The molecule has 1 aliphatic heterocycles. The SMILES string of the molecule is CCN(CC)C(CN=C(N)N1CCOCC1)c1cccc(OC)c1. The number of likely N-dealkylation sites (N-methyl/N-ethyl adjacent to an activating group) is 1. The van der Waals surface area contributed by atoms with Gasteiger partial charge in [0, 0.05) is 13.1 Å². The molecule has 0 aliphatic carbocycles. The molecule has 1 aromatic carbocycles. The maximum atomic E-state index is 6.19. The molecule has 0 saturated carbocycles. The number of aliphatic imine (C=N–C) groups is 1. The minimum atomic E-state index is 0.190. The first kappa shape index (κ1) is 18.5. The molecule has 0 radical (unpaired) electrons. The van der Waals surface area contributed by atoms with Crippen molar-refractivity contribution in [1.82, 2.24) is 9.80 Å². The van der Waals surface area contributed by atoms with Crippen molar-refractivity contribution < 1.29 is 9.47 Å². The number of morpholine rings is 1. The summed E-state index contributed by atoms with van der Waals surface area (Å²) in [5.74, 6) is 1.48. The number of benzene rings is 1. The van der Waals surface area contributed by atoms with Crippen LogP contribution < -0.4 is 10.5 Å². The van der Waals surface area contributed by atoms with Gasteiger partial charge in [0.25, 0.3) is 0 Å². The Labute approximate surface area is 145 Å². The molecule has 0 amide bonds. The van der Waals surface area contributed by atoms with Gasteiger partial charge in [0.15, 0.2) is 5.96 Å². The number of ether oxygens (including phenoxy) is 2. The summed E-state index contributed by atoms with van der Waals surface area (Å²) in [5.41, 5.74) is 7.40. The molecule has 0 bridgehead atoms. The Bertz CT molecular complexity index is 526. The average Bonchev–Trinajstić information content (AvgIpc) is 2.65. The second-order valence-corrected chi connectivity index (χ2v) is 5.81. The number of nitrogens with zero attached hydrogens (tertiary/aromatic N) is 3. The smallest absolute Gasteiger partial charge is 0.191 e. The zero-order valence-corrected chi connectivity index (χ0v) is 15.1. The van der Waals surface area contributed by atoms with E-state index in [-0.39, 0.29) is 6.04 Å². The summed E-state index contributed by atoms with van der Waals surface area (Å²) in [5, 5.41) is 0. The van der Waals surface area contributed by atoms with Gasteiger partial charge in [-0.1, -0.05) is 26.0 Å². The van der Waals surface area contributed by atoms with E-state index in [1.165, 1.54) is 5.56 Å². The van der Waals surface area contributed by atoms with Crippen LogP contribution >= 0.6 is 0 Å². The molecule has 6 nitrogen and oxygen atoms in total. The third-order valence-corrected chi connectivity index (χ3v) is 4.49. The van der Waals surface area contributed by atoms with Crippen molar-refractivity contribution in [2.24, 2.45) is 10.7 Å². The molecule has 1 fully saturated rings. The van der Waals surface area contributed by atoms with E-state index in [0.717, 1.165) is 31.9 Å². The van der Waals surface area contributed by atoms with Crippen LogP contribution in [0, 0.1) is 0 Å². The second kappa shape index (κ2) is 9.49. The summed E-state index contributed by atoms with van der Waals surface area (Å²) in [6, 6.07) is 8.40. The van der Waals surface area contributed by atoms with Crippen molar-refractivity contribution in [3.63, 3.8) is 0 Å². The van der Waals surface area contributed by atoms with Crippen LogP contribution in [0.1, 0.15) is 25.5 Å². The van der Waals surface area contributed by atoms with E-state index in [0.29, 0.717) is 25.7 Å². The summed E-state index contributed by atoms with van der Waals surface area (Å²) in [6.45, 7) is 9.96. The number of nitrogens with two attached hydrogens (primary N) is 1. The van der Waals surface area contributed by atoms with Gasteiger partial charge in [-0.3, -0.25) is 9.89 Å². The van der Waals surface area contributed by atoms with Gasteiger partial charge >= 0.3 is 0 Å². The average molecular weight is 334 g/mol. The molecule has 0 aromatic heterocycles. The lowest BCUT2D eigenvalue weighted by Gasteiger charge is -2.31. The highest BCUT2D eigenvalue weighted by Crippen LogP contribution is 2.24. The van der Waals surface area contributed by atoms with Gasteiger partial charge < -0.3 is 20.1 Å². The molecule has 1 saturated heterocycles. The van der Waals surface area contributed by atoms with Gasteiger partial charge in [0.1, 0.15) is 5.75 Å². The molecule has 6 heteroatoms. The van der Waals surface area contributed by atoms with Gasteiger partial charge in [0.2, 0.25) is 0 Å². The van der Waals surface area contributed by atoms with Gasteiger partial charge in [0.05, 0.1) is 32.9 Å². The lowest BCUT2D eigenvalue weighted by atomic mass is 10.0. The Balaban J connectivity index is 2.16.